The Morgan fingerprint density at radius 2 is 1.76 bits per heavy atom. The third-order valence-electron chi connectivity index (χ3n) is 5.84. The summed E-state index contributed by atoms with van der Waals surface area (Å²) in [7, 11) is 1.72. The first-order chi connectivity index (χ1) is 10.2. The van der Waals surface area contributed by atoms with Crippen LogP contribution in [0.1, 0.15) is 44.9 Å². The van der Waals surface area contributed by atoms with Gasteiger partial charge >= 0.3 is 0 Å². The summed E-state index contributed by atoms with van der Waals surface area (Å²) in [6, 6.07) is 0. The van der Waals surface area contributed by atoms with Crippen LogP contribution in [0.3, 0.4) is 0 Å². The predicted octanol–water partition coefficient (Wildman–Crippen LogP) is 2.14. The van der Waals surface area contributed by atoms with Crippen molar-refractivity contribution in [3.8, 4) is 0 Å². The molecule has 1 heterocycles. The fourth-order valence-corrected chi connectivity index (χ4v) is 4.33. The average Bonchev–Trinajstić information content (AvgIpc) is 2.96. The maximum atomic E-state index is 12.8. The molecule has 0 aromatic rings. The highest BCUT2D eigenvalue weighted by atomic mass is 16.5. The molecule has 3 aliphatic rings. The lowest BCUT2D eigenvalue weighted by molar-refractivity contribution is -0.154. The second-order valence-electron chi connectivity index (χ2n) is 7.31. The van der Waals surface area contributed by atoms with Gasteiger partial charge in [0, 0.05) is 39.8 Å². The summed E-state index contributed by atoms with van der Waals surface area (Å²) < 4.78 is 5.31. The molecule has 3 rings (SSSR count). The zero-order valence-corrected chi connectivity index (χ0v) is 13.5. The van der Waals surface area contributed by atoms with Crippen LogP contribution in [-0.4, -0.2) is 62.1 Å². The largest absolute Gasteiger partial charge is 0.384 e. The first kappa shape index (κ1) is 15.3. The van der Waals surface area contributed by atoms with Crippen molar-refractivity contribution in [2.45, 2.75) is 44.9 Å². The normalized spacial score (nSPS) is 26.8. The molecule has 2 saturated carbocycles. The second kappa shape index (κ2) is 6.66. The first-order valence-corrected chi connectivity index (χ1v) is 8.74. The Morgan fingerprint density at radius 3 is 2.29 bits per heavy atom. The summed E-state index contributed by atoms with van der Waals surface area (Å²) in [4.78, 5) is 17.4. The zero-order valence-electron chi connectivity index (χ0n) is 13.5. The van der Waals surface area contributed by atoms with Crippen molar-refractivity contribution in [1.82, 2.24) is 9.80 Å². The summed E-state index contributed by atoms with van der Waals surface area (Å²) in [6.07, 6.45) is 8.87. The quantitative estimate of drug-likeness (QED) is 0.779. The van der Waals surface area contributed by atoms with Gasteiger partial charge in [-0.15, -0.1) is 0 Å². The van der Waals surface area contributed by atoms with E-state index in [1.54, 1.807) is 7.11 Å². The number of hydrogen-bond donors (Lipinski definition) is 0. The number of methoxy groups -OCH3 is 1. The fraction of sp³-hybridized carbons (Fsp3) is 0.941. The van der Waals surface area contributed by atoms with E-state index in [-0.39, 0.29) is 5.41 Å². The van der Waals surface area contributed by atoms with Crippen LogP contribution >= 0.6 is 0 Å². The zero-order chi connectivity index (χ0) is 14.7. The molecule has 120 valence electrons. The van der Waals surface area contributed by atoms with Gasteiger partial charge in [-0.3, -0.25) is 9.69 Å². The summed E-state index contributed by atoms with van der Waals surface area (Å²) >= 11 is 0. The maximum absolute atomic E-state index is 12.8. The van der Waals surface area contributed by atoms with Gasteiger partial charge in [0.25, 0.3) is 0 Å². The van der Waals surface area contributed by atoms with E-state index in [0.29, 0.717) is 12.5 Å². The van der Waals surface area contributed by atoms with Crippen molar-refractivity contribution in [3.63, 3.8) is 0 Å². The predicted molar refractivity (Wildman–Crippen MR) is 83.1 cm³/mol. The summed E-state index contributed by atoms with van der Waals surface area (Å²) in [5.41, 5.74) is -0.178. The number of ether oxygens (including phenoxy) is 1. The first-order valence-electron chi connectivity index (χ1n) is 8.74. The van der Waals surface area contributed by atoms with Crippen LogP contribution in [0.15, 0.2) is 0 Å². The average molecular weight is 294 g/mol. The van der Waals surface area contributed by atoms with Crippen LogP contribution < -0.4 is 0 Å². The lowest BCUT2D eigenvalue weighted by Gasteiger charge is -2.45. The minimum absolute atomic E-state index is 0.178. The number of amides is 1. The van der Waals surface area contributed by atoms with Crippen LogP contribution in [0.4, 0.5) is 0 Å². The number of nitrogens with zero attached hydrogens (tertiary/aromatic N) is 2. The van der Waals surface area contributed by atoms with Gasteiger partial charge in [-0.1, -0.05) is 19.3 Å². The van der Waals surface area contributed by atoms with Gasteiger partial charge in [-0.2, -0.15) is 0 Å². The Balaban J connectivity index is 1.47. The topological polar surface area (TPSA) is 32.8 Å². The molecule has 0 bridgehead atoms. The van der Waals surface area contributed by atoms with Crippen LogP contribution in [0, 0.1) is 11.3 Å². The van der Waals surface area contributed by atoms with E-state index in [1.165, 1.54) is 38.6 Å². The van der Waals surface area contributed by atoms with Crippen LogP contribution in [0.2, 0.25) is 0 Å². The molecule has 0 aromatic heterocycles. The molecule has 4 heteroatoms. The smallest absolute Gasteiger partial charge is 0.231 e. The van der Waals surface area contributed by atoms with Gasteiger partial charge in [0.05, 0.1) is 12.0 Å². The summed E-state index contributed by atoms with van der Waals surface area (Å²) in [6.45, 7) is 5.81. The van der Waals surface area contributed by atoms with E-state index in [1.807, 2.05) is 0 Å². The Bertz CT molecular complexity index is 354. The molecular formula is C17H30N2O2. The molecule has 3 fully saturated rings. The SMILES string of the molecule is COCC1(C(=O)N2CCN(CC3CCCC3)CC2)CCC1. The van der Waals surface area contributed by atoms with E-state index in [2.05, 4.69) is 9.80 Å². The molecule has 0 N–H and O–H groups in total. The third kappa shape index (κ3) is 3.26. The molecule has 4 nitrogen and oxygen atoms in total. The number of rotatable bonds is 5. The Labute approximate surface area is 128 Å². The van der Waals surface area contributed by atoms with Gasteiger partial charge in [-0.05, 0) is 31.6 Å². The lowest BCUT2D eigenvalue weighted by Crippen LogP contribution is -2.56. The van der Waals surface area contributed by atoms with Crippen molar-refractivity contribution in [2.75, 3.05) is 46.4 Å². The van der Waals surface area contributed by atoms with Gasteiger partial charge in [0.2, 0.25) is 5.91 Å². The number of piperazine rings is 1. The summed E-state index contributed by atoms with van der Waals surface area (Å²) in [5, 5.41) is 0. The monoisotopic (exact) mass is 294 g/mol. The Hall–Kier alpha value is -0.610. The second-order valence-corrected chi connectivity index (χ2v) is 7.31. The van der Waals surface area contributed by atoms with Crippen molar-refractivity contribution >= 4 is 5.91 Å². The number of carbonyl (C=O) groups is 1. The minimum Gasteiger partial charge on any atom is -0.384 e. The molecular weight excluding hydrogens is 264 g/mol. The number of carbonyl (C=O) groups excluding carboxylic acids is 1. The van der Waals surface area contributed by atoms with Gasteiger partial charge in [0.15, 0.2) is 0 Å². The van der Waals surface area contributed by atoms with Crippen LogP contribution in [0.25, 0.3) is 0 Å². The Kier molecular flexibility index (Phi) is 4.85. The fourth-order valence-electron chi connectivity index (χ4n) is 4.33. The van der Waals surface area contributed by atoms with Crippen molar-refractivity contribution in [1.29, 1.82) is 0 Å². The standard InChI is InChI=1S/C17H30N2O2/c1-21-14-17(7-4-8-17)16(20)19-11-9-18(10-12-19)13-15-5-2-3-6-15/h15H,2-14H2,1H3. The molecule has 1 saturated heterocycles. The van der Waals surface area contributed by atoms with E-state index in [9.17, 15) is 4.79 Å². The lowest BCUT2D eigenvalue weighted by atomic mass is 9.68. The molecule has 0 unspecified atom stereocenters. The van der Waals surface area contributed by atoms with E-state index in [4.69, 9.17) is 4.74 Å². The number of hydrogen-bond acceptors (Lipinski definition) is 3. The van der Waals surface area contributed by atoms with Crippen molar-refractivity contribution < 1.29 is 9.53 Å². The molecule has 2 aliphatic carbocycles. The van der Waals surface area contributed by atoms with E-state index >= 15 is 0 Å². The van der Waals surface area contributed by atoms with Gasteiger partial charge in [-0.25, -0.2) is 0 Å². The highest BCUT2D eigenvalue weighted by molar-refractivity contribution is 5.84. The molecule has 0 atom stereocenters. The van der Waals surface area contributed by atoms with Gasteiger partial charge in [0.1, 0.15) is 0 Å². The van der Waals surface area contributed by atoms with Crippen LogP contribution in [-0.2, 0) is 9.53 Å². The van der Waals surface area contributed by atoms with Gasteiger partial charge < -0.3 is 9.64 Å². The highest BCUT2D eigenvalue weighted by Gasteiger charge is 2.46. The van der Waals surface area contributed by atoms with Crippen molar-refractivity contribution in [3.05, 3.63) is 0 Å². The molecule has 1 aliphatic heterocycles. The maximum Gasteiger partial charge on any atom is 0.231 e. The molecule has 0 radical (unpaired) electrons. The van der Waals surface area contributed by atoms with E-state index < -0.39 is 0 Å². The third-order valence-corrected chi connectivity index (χ3v) is 5.84. The van der Waals surface area contributed by atoms with Crippen LogP contribution in [0.5, 0.6) is 0 Å². The molecule has 0 aromatic carbocycles. The summed E-state index contributed by atoms with van der Waals surface area (Å²) in [5.74, 6) is 1.27. The van der Waals surface area contributed by atoms with Crippen molar-refractivity contribution in [2.24, 2.45) is 11.3 Å². The molecule has 0 spiro atoms. The Morgan fingerprint density at radius 1 is 1.10 bits per heavy atom. The molecule has 1 amide bonds. The minimum atomic E-state index is -0.178. The highest BCUT2D eigenvalue weighted by Crippen LogP contribution is 2.42. The van der Waals surface area contributed by atoms with E-state index in [0.717, 1.165) is 44.9 Å². The molecule has 21 heavy (non-hydrogen) atoms.